The number of rotatable bonds is 3. The van der Waals surface area contributed by atoms with Gasteiger partial charge in [0.15, 0.2) is 11.5 Å². The summed E-state index contributed by atoms with van der Waals surface area (Å²) < 4.78 is 0. The zero-order valence-electron chi connectivity index (χ0n) is 12.6. The van der Waals surface area contributed by atoms with E-state index in [1.54, 1.807) is 24.3 Å². The summed E-state index contributed by atoms with van der Waals surface area (Å²) in [6, 6.07) is 6.99. The molecule has 1 aromatic carbocycles. The number of halogens is 1. The number of benzene rings is 1. The molecule has 124 valence electrons. The number of aliphatic carboxylic acids is 1. The van der Waals surface area contributed by atoms with Crippen molar-refractivity contribution in [1.29, 1.82) is 0 Å². The maximum absolute atomic E-state index is 12.6. The Balaban J connectivity index is 1.87. The second kappa shape index (κ2) is 6.45. The molecule has 1 saturated heterocycles. The number of hydrogen-bond donors (Lipinski definition) is 2. The first-order valence-electron chi connectivity index (χ1n) is 7.31. The van der Waals surface area contributed by atoms with Crippen molar-refractivity contribution in [2.75, 3.05) is 18.8 Å². The summed E-state index contributed by atoms with van der Waals surface area (Å²) in [6.45, 7) is 0.366. The van der Waals surface area contributed by atoms with Gasteiger partial charge >= 0.3 is 5.97 Å². The Kier molecular flexibility index (Phi) is 4.35. The third kappa shape index (κ3) is 3.03. The van der Waals surface area contributed by atoms with Gasteiger partial charge in [-0.1, -0.05) is 23.7 Å². The van der Waals surface area contributed by atoms with E-state index in [4.69, 9.17) is 17.3 Å². The van der Waals surface area contributed by atoms with Crippen LogP contribution < -0.4 is 5.73 Å². The Labute approximate surface area is 143 Å². The molecular weight excluding hydrogens is 332 g/mol. The molecule has 1 aliphatic rings. The van der Waals surface area contributed by atoms with E-state index in [2.05, 4.69) is 9.97 Å². The molecule has 2 heterocycles. The number of hydrogen-bond acceptors (Lipinski definition) is 5. The Morgan fingerprint density at radius 2 is 1.83 bits per heavy atom. The van der Waals surface area contributed by atoms with Gasteiger partial charge in [0.2, 0.25) is 0 Å². The molecule has 1 amide bonds. The van der Waals surface area contributed by atoms with Crippen LogP contribution in [0.2, 0.25) is 5.02 Å². The van der Waals surface area contributed by atoms with E-state index >= 15 is 0 Å². The highest BCUT2D eigenvalue weighted by Gasteiger charge is 2.41. The Bertz CT molecular complexity index is 781. The molecule has 0 radical (unpaired) electrons. The molecule has 1 aliphatic heterocycles. The highest BCUT2D eigenvalue weighted by Crippen LogP contribution is 2.34. The number of carboxylic acids is 1. The van der Waals surface area contributed by atoms with Gasteiger partial charge < -0.3 is 15.7 Å². The molecule has 24 heavy (non-hydrogen) atoms. The summed E-state index contributed by atoms with van der Waals surface area (Å²) in [5, 5.41) is 10.1. The van der Waals surface area contributed by atoms with Crippen LogP contribution >= 0.6 is 11.6 Å². The van der Waals surface area contributed by atoms with Gasteiger partial charge in [0.25, 0.3) is 5.91 Å². The highest BCUT2D eigenvalue weighted by molar-refractivity contribution is 6.30. The molecule has 2 aromatic rings. The van der Waals surface area contributed by atoms with Crippen LogP contribution in [0.1, 0.15) is 22.0 Å². The van der Waals surface area contributed by atoms with E-state index in [9.17, 15) is 14.7 Å². The number of anilines is 1. The van der Waals surface area contributed by atoms with Crippen LogP contribution in [-0.2, 0) is 4.79 Å². The van der Waals surface area contributed by atoms with E-state index in [1.807, 2.05) is 0 Å². The first-order valence-corrected chi connectivity index (χ1v) is 7.69. The van der Waals surface area contributed by atoms with Crippen molar-refractivity contribution in [3.05, 3.63) is 52.9 Å². The summed E-state index contributed by atoms with van der Waals surface area (Å²) in [4.78, 5) is 33.5. The van der Waals surface area contributed by atoms with Gasteiger partial charge in [-0.05, 0) is 17.7 Å². The molecule has 3 rings (SSSR count). The lowest BCUT2D eigenvalue weighted by molar-refractivity contribution is -0.141. The average Bonchev–Trinajstić information content (AvgIpc) is 3.01. The van der Waals surface area contributed by atoms with E-state index < -0.39 is 17.8 Å². The minimum absolute atomic E-state index is 0.0318. The molecule has 0 saturated carbocycles. The van der Waals surface area contributed by atoms with Crippen LogP contribution in [0.15, 0.2) is 36.7 Å². The number of aromatic nitrogens is 2. The van der Waals surface area contributed by atoms with E-state index in [0.717, 1.165) is 5.56 Å². The molecule has 1 aromatic heterocycles. The zero-order valence-corrected chi connectivity index (χ0v) is 13.3. The zero-order chi connectivity index (χ0) is 17.3. The topological polar surface area (TPSA) is 109 Å². The lowest BCUT2D eigenvalue weighted by Crippen LogP contribution is -2.31. The SMILES string of the molecule is Nc1nccnc1C(=O)N1C[C@@H](C(=O)O)[C@H](c2ccc(Cl)cc2)C1. The molecule has 0 aliphatic carbocycles. The molecule has 8 heteroatoms. The maximum Gasteiger partial charge on any atom is 0.308 e. The number of nitrogens with zero attached hydrogens (tertiary/aromatic N) is 3. The van der Waals surface area contributed by atoms with Crippen molar-refractivity contribution in [1.82, 2.24) is 14.9 Å². The van der Waals surface area contributed by atoms with Crippen LogP contribution in [-0.4, -0.2) is 44.9 Å². The Hall–Kier alpha value is -2.67. The molecule has 1 fully saturated rings. The second-order valence-corrected chi connectivity index (χ2v) is 6.04. The summed E-state index contributed by atoms with van der Waals surface area (Å²) in [5.41, 5.74) is 6.56. The Morgan fingerprint density at radius 1 is 1.17 bits per heavy atom. The van der Waals surface area contributed by atoms with Crippen LogP contribution in [0.25, 0.3) is 0 Å². The maximum atomic E-state index is 12.6. The minimum Gasteiger partial charge on any atom is -0.481 e. The molecular formula is C16H15ClN4O3. The largest absolute Gasteiger partial charge is 0.481 e. The molecule has 7 nitrogen and oxygen atoms in total. The second-order valence-electron chi connectivity index (χ2n) is 5.60. The van der Waals surface area contributed by atoms with Gasteiger partial charge in [-0.3, -0.25) is 9.59 Å². The lowest BCUT2D eigenvalue weighted by atomic mass is 9.89. The van der Waals surface area contributed by atoms with E-state index in [-0.39, 0.29) is 30.5 Å². The van der Waals surface area contributed by atoms with E-state index in [1.165, 1.54) is 17.3 Å². The molecule has 2 atom stereocenters. The summed E-state index contributed by atoms with van der Waals surface area (Å²) in [7, 11) is 0. The average molecular weight is 347 g/mol. The van der Waals surface area contributed by atoms with Crippen LogP contribution in [0.5, 0.6) is 0 Å². The Morgan fingerprint density at radius 3 is 2.46 bits per heavy atom. The quantitative estimate of drug-likeness (QED) is 0.874. The number of likely N-dealkylation sites (tertiary alicyclic amines) is 1. The van der Waals surface area contributed by atoms with Crippen molar-refractivity contribution in [3.8, 4) is 0 Å². The molecule has 0 spiro atoms. The fourth-order valence-corrected chi connectivity index (χ4v) is 3.06. The van der Waals surface area contributed by atoms with Gasteiger partial charge in [-0.2, -0.15) is 0 Å². The lowest BCUT2D eigenvalue weighted by Gasteiger charge is -2.16. The smallest absolute Gasteiger partial charge is 0.308 e. The van der Waals surface area contributed by atoms with Gasteiger partial charge in [-0.25, -0.2) is 9.97 Å². The van der Waals surface area contributed by atoms with Crippen LogP contribution in [0.4, 0.5) is 5.82 Å². The number of amides is 1. The summed E-state index contributed by atoms with van der Waals surface area (Å²) in [6.07, 6.45) is 2.78. The first kappa shape index (κ1) is 16.2. The van der Waals surface area contributed by atoms with E-state index in [0.29, 0.717) is 5.02 Å². The fraction of sp³-hybridized carbons (Fsp3) is 0.250. The predicted molar refractivity (Wildman–Crippen MR) is 87.7 cm³/mol. The number of nitrogens with two attached hydrogens (primary N) is 1. The predicted octanol–water partition coefficient (Wildman–Crippen LogP) is 1.65. The van der Waals surface area contributed by atoms with Crippen molar-refractivity contribution in [2.24, 2.45) is 5.92 Å². The molecule has 0 unspecified atom stereocenters. The van der Waals surface area contributed by atoms with Crippen LogP contribution in [0, 0.1) is 5.92 Å². The van der Waals surface area contributed by atoms with Gasteiger partial charge in [0, 0.05) is 36.4 Å². The van der Waals surface area contributed by atoms with Crippen molar-refractivity contribution in [2.45, 2.75) is 5.92 Å². The summed E-state index contributed by atoms with van der Waals surface area (Å²) >= 11 is 5.88. The van der Waals surface area contributed by atoms with Crippen LogP contribution in [0.3, 0.4) is 0 Å². The number of carbonyl (C=O) groups is 2. The monoisotopic (exact) mass is 346 g/mol. The normalized spacial score (nSPS) is 20.1. The molecule has 3 N–H and O–H groups in total. The minimum atomic E-state index is -0.947. The number of carbonyl (C=O) groups excluding carboxylic acids is 1. The van der Waals surface area contributed by atoms with Crippen molar-refractivity contribution < 1.29 is 14.7 Å². The van der Waals surface area contributed by atoms with Crippen molar-refractivity contribution in [3.63, 3.8) is 0 Å². The van der Waals surface area contributed by atoms with Gasteiger partial charge in [0.1, 0.15) is 0 Å². The molecule has 0 bridgehead atoms. The number of nitrogen functional groups attached to an aromatic ring is 1. The summed E-state index contributed by atoms with van der Waals surface area (Å²) in [5.74, 6) is -2.35. The van der Waals surface area contributed by atoms with Crippen molar-refractivity contribution >= 4 is 29.3 Å². The fourth-order valence-electron chi connectivity index (χ4n) is 2.93. The van der Waals surface area contributed by atoms with Gasteiger partial charge in [0.05, 0.1) is 5.92 Å². The number of carboxylic acid groups (broad SMARTS) is 1. The first-order chi connectivity index (χ1) is 11.5. The van der Waals surface area contributed by atoms with Gasteiger partial charge in [-0.15, -0.1) is 0 Å². The third-order valence-corrected chi connectivity index (χ3v) is 4.40. The third-order valence-electron chi connectivity index (χ3n) is 4.15. The standard InChI is InChI=1S/C16H15ClN4O3/c17-10-3-1-9(2-4-10)11-7-21(8-12(11)16(23)24)15(22)13-14(18)20-6-5-19-13/h1-6,11-12H,7-8H2,(H2,18,20)(H,23,24)/t11-,12+/m0/s1. The highest BCUT2D eigenvalue weighted by atomic mass is 35.5.